The number of allylic oxidation sites excluding steroid dienone is 7. The van der Waals surface area contributed by atoms with E-state index < -0.39 is 86.8 Å². The number of ether oxygens (including phenoxy) is 4. The van der Waals surface area contributed by atoms with E-state index in [0.717, 1.165) is 44.9 Å². The molecule has 0 aliphatic carbocycles. The van der Waals surface area contributed by atoms with Crippen molar-refractivity contribution in [3.8, 4) is 0 Å². The molecule has 2 heterocycles. The van der Waals surface area contributed by atoms with Gasteiger partial charge in [0.2, 0.25) is 5.91 Å². The van der Waals surface area contributed by atoms with Gasteiger partial charge < -0.3 is 65.1 Å². The lowest BCUT2D eigenvalue weighted by Gasteiger charge is -2.46. The fourth-order valence-corrected chi connectivity index (χ4v) is 10.3. The average Bonchev–Trinajstić information content (AvgIpc) is 3.48. The van der Waals surface area contributed by atoms with Crippen LogP contribution in [0.4, 0.5) is 0 Å². The van der Waals surface area contributed by atoms with Crippen LogP contribution in [0.15, 0.2) is 48.6 Å². The molecule has 12 atom stereocenters. The zero-order valence-electron chi connectivity index (χ0n) is 49.2. The number of hydrogen-bond acceptors (Lipinski definition) is 13. The third-order valence-electron chi connectivity index (χ3n) is 15.5. The van der Waals surface area contributed by atoms with Crippen LogP contribution in [0, 0.1) is 0 Å². The van der Waals surface area contributed by atoms with E-state index in [9.17, 15) is 45.6 Å². The van der Waals surface area contributed by atoms with Crippen molar-refractivity contribution in [1.82, 2.24) is 5.32 Å². The van der Waals surface area contributed by atoms with E-state index in [1.807, 2.05) is 6.08 Å². The maximum Gasteiger partial charge on any atom is 0.220 e. The normalized spacial score (nSPS) is 24.8. The van der Waals surface area contributed by atoms with E-state index in [4.69, 9.17) is 18.9 Å². The molecule has 2 saturated heterocycles. The van der Waals surface area contributed by atoms with Gasteiger partial charge in [0.25, 0.3) is 0 Å². The number of carbonyl (C=O) groups is 1. The predicted molar refractivity (Wildman–Crippen MR) is 314 cm³/mol. The summed E-state index contributed by atoms with van der Waals surface area (Å²) in [6, 6.07) is -0.940. The van der Waals surface area contributed by atoms with Gasteiger partial charge in [-0.25, -0.2) is 0 Å². The van der Waals surface area contributed by atoms with Gasteiger partial charge in [-0.2, -0.15) is 0 Å². The van der Waals surface area contributed by atoms with Gasteiger partial charge in [0.1, 0.15) is 48.8 Å². The summed E-state index contributed by atoms with van der Waals surface area (Å²) >= 11 is 0. The van der Waals surface area contributed by atoms with Gasteiger partial charge in [-0.15, -0.1) is 0 Å². The van der Waals surface area contributed by atoms with Crippen molar-refractivity contribution in [1.29, 1.82) is 0 Å². The minimum atomic E-state index is -1.79. The Morgan fingerprint density at radius 2 is 0.821 bits per heavy atom. The van der Waals surface area contributed by atoms with Crippen molar-refractivity contribution in [3.05, 3.63) is 48.6 Å². The van der Waals surface area contributed by atoms with Crippen LogP contribution in [0.25, 0.3) is 0 Å². The molecule has 2 aliphatic heterocycles. The van der Waals surface area contributed by atoms with Crippen LogP contribution in [-0.4, -0.2) is 140 Å². The van der Waals surface area contributed by atoms with E-state index in [1.54, 1.807) is 6.08 Å². The molecule has 14 nitrogen and oxygen atoms in total. The Morgan fingerprint density at radius 1 is 0.449 bits per heavy atom. The molecule has 2 aliphatic rings. The van der Waals surface area contributed by atoms with Crippen LogP contribution >= 0.6 is 0 Å². The number of hydrogen-bond donors (Lipinski definition) is 9. The van der Waals surface area contributed by atoms with E-state index >= 15 is 0 Å². The van der Waals surface area contributed by atoms with Crippen molar-refractivity contribution in [3.63, 3.8) is 0 Å². The molecule has 2 fully saturated rings. The lowest BCUT2D eigenvalue weighted by atomic mass is 9.97. The van der Waals surface area contributed by atoms with E-state index in [0.29, 0.717) is 12.8 Å². The number of unbranched alkanes of at least 4 members (excludes halogenated alkanes) is 32. The minimum absolute atomic E-state index is 0.254. The maximum absolute atomic E-state index is 13.3. The van der Waals surface area contributed by atoms with Crippen molar-refractivity contribution in [2.45, 2.75) is 331 Å². The van der Waals surface area contributed by atoms with Crippen LogP contribution in [0.2, 0.25) is 0 Å². The van der Waals surface area contributed by atoms with Gasteiger partial charge in [0.05, 0.1) is 32.0 Å². The summed E-state index contributed by atoms with van der Waals surface area (Å²) in [6.45, 7) is 2.79. The SMILES string of the molecule is CCCCCCCCCC/C=C\CCCCCCCCCCCC(=O)NC(COC1OC(CO)C(OC2OC(CO)C(O)C(O)C2O)C(O)C1O)C(O)/C=C/CC/C=C/CC/C=C/CCCCCCCCCCCCCCC. The molecule has 0 radical (unpaired) electrons. The molecular formula is C64H117NO13. The van der Waals surface area contributed by atoms with Gasteiger partial charge in [-0.05, 0) is 70.6 Å². The largest absolute Gasteiger partial charge is 0.394 e. The molecule has 0 saturated carbocycles. The zero-order chi connectivity index (χ0) is 56.7. The fraction of sp³-hybridized carbons (Fsp3) is 0.859. The summed E-state index contributed by atoms with van der Waals surface area (Å²) in [5, 5.41) is 87.2. The summed E-state index contributed by atoms with van der Waals surface area (Å²) < 4.78 is 22.8. The molecule has 9 N–H and O–H groups in total. The first-order valence-corrected chi connectivity index (χ1v) is 31.9. The first-order valence-electron chi connectivity index (χ1n) is 31.9. The van der Waals surface area contributed by atoms with Crippen molar-refractivity contribution >= 4 is 5.91 Å². The minimum Gasteiger partial charge on any atom is -0.394 e. The standard InChI is InChI=1S/C64H117NO13/c1-3-5-7-9-11-13-15-17-19-21-23-25-26-28-29-31-33-35-37-39-41-43-45-47-53(68)52(51-75-63-61(74)59(72)62(55(50-67)77-63)78-64-60(73)58(71)57(70)54(49-66)76-64)65-56(69)48-46-44-42-40-38-36-34-32-30-27-24-22-20-18-16-14-12-10-8-6-4-2/h22,24,29,31,37,39,45,47,52-55,57-64,66-68,70-74H,3-21,23,25-28,30,32-36,38,40-44,46,48-51H2,1-2H3,(H,65,69)/b24-22-,31-29+,39-37+,47-45+. The lowest BCUT2D eigenvalue weighted by molar-refractivity contribution is -0.359. The highest BCUT2D eigenvalue weighted by Crippen LogP contribution is 2.30. The smallest absolute Gasteiger partial charge is 0.220 e. The van der Waals surface area contributed by atoms with Gasteiger partial charge in [0, 0.05) is 6.42 Å². The van der Waals surface area contributed by atoms with E-state index in [1.165, 1.54) is 180 Å². The van der Waals surface area contributed by atoms with Crippen LogP contribution in [0.1, 0.15) is 258 Å². The van der Waals surface area contributed by atoms with Crippen molar-refractivity contribution < 1.29 is 64.6 Å². The first kappa shape index (κ1) is 72.1. The summed E-state index contributed by atoms with van der Waals surface area (Å²) in [5.41, 5.74) is 0. The number of amides is 1. The summed E-state index contributed by atoms with van der Waals surface area (Å²) in [7, 11) is 0. The lowest BCUT2D eigenvalue weighted by Crippen LogP contribution is -2.65. The van der Waals surface area contributed by atoms with E-state index in [2.05, 4.69) is 55.6 Å². The molecule has 78 heavy (non-hydrogen) atoms. The summed E-state index contributed by atoms with van der Waals surface area (Å²) in [6.07, 6.45) is 45.8. The van der Waals surface area contributed by atoms with E-state index in [-0.39, 0.29) is 18.9 Å². The van der Waals surface area contributed by atoms with Gasteiger partial charge in [-0.1, -0.05) is 229 Å². The molecule has 0 aromatic rings. The number of aliphatic hydroxyl groups is 8. The highest BCUT2D eigenvalue weighted by atomic mass is 16.7. The first-order chi connectivity index (χ1) is 38.1. The van der Waals surface area contributed by atoms with Crippen LogP contribution in [-0.2, 0) is 23.7 Å². The second-order valence-corrected chi connectivity index (χ2v) is 22.5. The highest BCUT2D eigenvalue weighted by Gasteiger charge is 2.51. The Morgan fingerprint density at radius 3 is 1.26 bits per heavy atom. The van der Waals surface area contributed by atoms with Gasteiger partial charge in [-0.3, -0.25) is 4.79 Å². The molecule has 456 valence electrons. The fourth-order valence-electron chi connectivity index (χ4n) is 10.3. The van der Waals surface area contributed by atoms with Crippen LogP contribution in [0.5, 0.6) is 0 Å². The summed E-state index contributed by atoms with van der Waals surface area (Å²) in [4.78, 5) is 13.3. The molecule has 0 spiro atoms. The maximum atomic E-state index is 13.3. The second kappa shape index (κ2) is 49.5. The Balaban J connectivity index is 1.77. The topological polar surface area (TPSA) is 228 Å². The third-order valence-corrected chi connectivity index (χ3v) is 15.5. The number of nitrogens with one attached hydrogen (secondary N) is 1. The Hall–Kier alpha value is -2.05. The molecule has 2 rings (SSSR count). The van der Waals surface area contributed by atoms with Crippen molar-refractivity contribution in [2.75, 3.05) is 19.8 Å². The quantitative estimate of drug-likeness (QED) is 0.0204. The second-order valence-electron chi connectivity index (χ2n) is 22.5. The van der Waals surface area contributed by atoms with Gasteiger partial charge >= 0.3 is 0 Å². The third kappa shape index (κ3) is 34.4. The molecule has 1 amide bonds. The summed E-state index contributed by atoms with van der Waals surface area (Å²) in [5.74, 6) is -0.254. The predicted octanol–water partition coefficient (Wildman–Crippen LogP) is 11.6. The Bertz CT molecular complexity index is 1490. The van der Waals surface area contributed by atoms with Crippen LogP contribution < -0.4 is 5.32 Å². The Kier molecular flexibility index (Phi) is 45.8. The average molecular weight is 1110 g/mol. The molecule has 0 aromatic carbocycles. The molecule has 12 unspecified atom stereocenters. The van der Waals surface area contributed by atoms with Crippen LogP contribution in [0.3, 0.4) is 0 Å². The zero-order valence-corrected chi connectivity index (χ0v) is 49.2. The molecular weight excluding hydrogens is 991 g/mol. The molecule has 0 aromatic heterocycles. The molecule has 14 heteroatoms. The number of carbonyl (C=O) groups excluding carboxylic acids is 1. The highest BCUT2D eigenvalue weighted by molar-refractivity contribution is 5.76. The number of aliphatic hydroxyl groups excluding tert-OH is 8. The molecule has 0 bridgehead atoms. The van der Waals surface area contributed by atoms with Gasteiger partial charge in [0.15, 0.2) is 12.6 Å². The number of rotatable bonds is 51. The van der Waals surface area contributed by atoms with Crippen molar-refractivity contribution in [2.24, 2.45) is 0 Å². The monoisotopic (exact) mass is 1110 g/mol. The Labute approximate surface area is 473 Å².